The van der Waals surface area contributed by atoms with Crippen LogP contribution in [0.15, 0.2) is 0 Å². The highest BCUT2D eigenvalue weighted by Crippen LogP contribution is 2.80. The van der Waals surface area contributed by atoms with Gasteiger partial charge in [0.2, 0.25) is 0 Å². The van der Waals surface area contributed by atoms with Gasteiger partial charge in [-0.25, -0.2) is 0 Å². The van der Waals surface area contributed by atoms with Crippen LogP contribution in [0.5, 0.6) is 0 Å². The van der Waals surface area contributed by atoms with E-state index in [1.165, 1.54) is 12.3 Å². The highest BCUT2D eigenvalue weighted by atomic mass is 28.4. The Balaban J connectivity index is 1.47. The molecule has 5 rings (SSSR count). The molecule has 8 atom stereocenters. The summed E-state index contributed by atoms with van der Waals surface area (Å²) in [5.74, 6) is 7.69. The van der Waals surface area contributed by atoms with Crippen molar-refractivity contribution >= 4 is 8.32 Å². The number of fused-ring (bicyclic) bond motifs is 10. The van der Waals surface area contributed by atoms with Gasteiger partial charge in [0.15, 0.2) is 8.32 Å². The molecule has 5 saturated carbocycles. The minimum atomic E-state index is -1.34. The molecule has 0 aromatic heterocycles. The molecule has 0 aromatic rings. The zero-order chi connectivity index (χ0) is 11.6. The monoisotopic (exact) mass is 248 g/mol. The zero-order valence-electron chi connectivity index (χ0n) is 11.3. The van der Waals surface area contributed by atoms with Crippen LogP contribution in [0.25, 0.3) is 0 Å². The average Bonchev–Trinajstić information content (AvgIpc) is 3.00. The van der Waals surface area contributed by atoms with Crippen LogP contribution in [-0.4, -0.2) is 13.9 Å². The van der Waals surface area contributed by atoms with Crippen LogP contribution in [-0.2, 0) is 4.43 Å². The molecule has 2 heteroatoms. The third-order valence-electron chi connectivity index (χ3n) is 6.73. The molecule has 5 fully saturated rings. The molecule has 0 unspecified atom stereocenters. The van der Waals surface area contributed by atoms with E-state index >= 15 is 0 Å². The van der Waals surface area contributed by atoms with E-state index in [0.29, 0.717) is 5.60 Å². The van der Waals surface area contributed by atoms with Gasteiger partial charge in [-0.2, -0.15) is 0 Å². The maximum Gasteiger partial charge on any atom is 0.184 e. The molecule has 1 nitrogen and oxygen atoms in total. The van der Waals surface area contributed by atoms with Crippen molar-refractivity contribution in [3.8, 4) is 0 Å². The van der Waals surface area contributed by atoms with Gasteiger partial charge >= 0.3 is 0 Å². The molecule has 0 saturated heterocycles. The summed E-state index contributed by atoms with van der Waals surface area (Å²) in [4.78, 5) is 0. The lowest BCUT2D eigenvalue weighted by molar-refractivity contribution is 0.0476. The Labute approximate surface area is 105 Å². The van der Waals surface area contributed by atoms with Gasteiger partial charge < -0.3 is 4.43 Å². The third-order valence-corrected chi connectivity index (χ3v) is 7.72. The number of rotatable bonds is 2. The maximum atomic E-state index is 6.69. The summed E-state index contributed by atoms with van der Waals surface area (Å²) in [6.07, 6.45) is 6.17. The molecule has 5 aliphatic rings. The highest BCUT2D eigenvalue weighted by Gasteiger charge is 2.79. The standard InChI is InChI=1S/C15H24OSi/c1-17(2,3)16-15-7-13(15)11-6-12(15)10-5-8-4-9(8)14(10)11/h8-14H,4-7H2,1-3H3/t8-,9-,10+,11-,12-,13+,14+,15+/m1/s1. The second-order valence-corrected chi connectivity index (χ2v) is 13.1. The summed E-state index contributed by atoms with van der Waals surface area (Å²) in [5.41, 5.74) is 0.424. The van der Waals surface area contributed by atoms with Gasteiger partial charge in [-0.3, -0.25) is 0 Å². The van der Waals surface area contributed by atoms with Crippen molar-refractivity contribution in [3.63, 3.8) is 0 Å². The molecule has 5 aliphatic carbocycles. The molecule has 2 bridgehead atoms. The van der Waals surface area contributed by atoms with Gasteiger partial charge in [-0.1, -0.05) is 0 Å². The van der Waals surface area contributed by atoms with Crippen LogP contribution < -0.4 is 0 Å². The first-order chi connectivity index (χ1) is 8.00. The van der Waals surface area contributed by atoms with E-state index in [9.17, 15) is 0 Å². The van der Waals surface area contributed by atoms with Gasteiger partial charge in [-0.15, -0.1) is 0 Å². The number of hydrogen-bond acceptors (Lipinski definition) is 1. The largest absolute Gasteiger partial charge is 0.412 e. The summed E-state index contributed by atoms with van der Waals surface area (Å²) in [5, 5.41) is 0. The first-order valence-corrected chi connectivity index (χ1v) is 11.1. The van der Waals surface area contributed by atoms with E-state index in [-0.39, 0.29) is 0 Å². The average molecular weight is 248 g/mol. The van der Waals surface area contributed by atoms with E-state index in [2.05, 4.69) is 19.6 Å². The van der Waals surface area contributed by atoms with Crippen molar-refractivity contribution in [2.75, 3.05) is 0 Å². The smallest absolute Gasteiger partial charge is 0.184 e. The molecular weight excluding hydrogens is 224 g/mol. The van der Waals surface area contributed by atoms with E-state index in [1.54, 1.807) is 19.3 Å². The van der Waals surface area contributed by atoms with Crippen molar-refractivity contribution in [2.24, 2.45) is 41.4 Å². The molecule has 0 N–H and O–H groups in total. The summed E-state index contributed by atoms with van der Waals surface area (Å²) in [6.45, 7) is 7.15. The van der Waals surface area contributed by atoms with Crippen LogP contribution in [0.3, 0.4) is 0 Å². The van der Waals surface area contributed by atoms with E-state index in [0.717, 1.165) is 35.5 Å². The van der Waals surface area contributed by atoms with Crippen LogP contribution in [0.2, 0.25) is 19.6 Å². The highest BCUT2D eigenvalue weighted by molar-refractivity contribution is 6.69. The first-order valence-electron chi connectivity index (χ1n) is 7.70. The fourth-order valence-corrected chi connectivity index (χ4v) is 8.04. The Hall–Kier alpha value is 0.177. The molecule has 0 spiro atoms. The third kappa shape index (κ3) is 1.07. The van der Waals surface area contributed by atoms with E-state index < -0.39 is 8.32 Å². The minimum absolute atomic E-state index is 0.424. The van der Waals surface area contributed by atoms with Gasteiger partial charge in [-0.05, 0) is 86.7 Å². The normalized spacial score (nSPS) is 65.5. The second kappa shape index (κ2) is 2.56. The van der Waals surface area contributed by atoms with Crippen LogP contribution in [0.4, 0.5) is 0 Å². The Morgan fingerprint density at radius 3 is 2.41 bits per heavy atom. The molecule has 0 heterocycles. The number of hydrogen-bond donors (Lipinski definition) is 0. The molecule has 0 amide bonds. The molecular formula is C15H24OSi. The molecule has 94 valence electrons. The Morgan fingerprint density at radius 2 is 1.65 bits per heavy atom. The predicted octanol–water partition coefficient (Wildman–Crippen LogP) is 3.52. The summed E-state index contributed by atoms with van der Waals surface area (Å²) in [6, 6.07) is 0. The maximum absolute atomic E-state index is 6.69. The summed E-state index contributed by atoms with van der Waals surface area (Å²) in [7, 11) is -1.34. The second-order valence-electron chi connectivity index (χ2n) is 8.62. The quantitative estimate of drug-likeness (QED) is 0.679. The van der Waals surface area contributed by atoms with Gasteiger partial charge in [0.1, 0.15) is 0 Å². The Kier molecular flexibility index (Phi) is 1.51. The molecule has 0 aromatic carbocycles. The predicted molar refractivity (Wildman–Crippen MR) is 70.1 cm³/mol. The Bertz CT molecular complexity index is 398. The van der Waals surface area contributed by atoms with Gasteiger partial charge in [0, 0.05) is 0 Å². The van der Waals surface area contributed by atoms with Gasteiger partial charge in [0.25, 0.3) is 0 Å². The molecule has 0 radical (unpaired) electrons. The van der Waals surface area contributed by atoms with E-state index in [4.69, 9.17) is 4.43 Å². The fourth-order valence-electron chi connectivity index (χ4n) is 6.51. The van der Waals surface area contributed by atoms with Crippen molar-refractivity contribution in [1.82, 2.24) is 0 Å². The van der Waals surface area contributed by atoms with E-state index in [1.807, 2.05) is 0 Å². The van der Waals surface area contributed by atoms with Crippen molar-refractivity contribution in [3.05, 3.63) is 0 Å². The lowest BCUT2D eigenvalue weighted by Crippen LogP contribution is -2.42. The van der Waals surface area contributed by atoms with Gasteiger partial charge in [0.05, 0.1) is 5.60 Å². The summed E-state index contributed by atoms with van der Waals surface area (Å²) < 4.78 is 6.69. The van der Waals surface area contributed by atoms with Crippen molar-refractivity contribution in [1.29, 1.82) is 0 Å². The molecule has 0 aliphatic heterocycles. The van der Waals surface area contributed by atoms with Crippen molar-refractivity contribution < 1.29 is 4.43 Å². The SMILES string of the molecule is C[Si](C)(C)O[C@]12C[C@H]1[C@H]1C[C@@H]2[C@@H]2C[C@H]3C[C@H]3[C@@H]21. The van der Waals surface area contributed by atoms with Crippen molar-refractivity contribution in [2.45, 2.75) is 50.9 Å². The zero-order valence-corrected chi connectivity index (χ0v) is 12.3. The first kappa shape index (κ1) is 10.0. The topological polar surface area (TPSA) is 9.23 Å². The molecule has 17 heavy (non-hydrogen) atoms. The fraction of sp³-hybridized carbons (Fsp3) is 1.00. The lowest BCUT2D eigenvalue weighted by Gasteiger charge is -2.37. The minimum Gasteiger partial charge on any atom is -0.412 e. The summed E-state index contributed by atoms with van der Waals surface area (Å²) >= 11 is 0. The van der Waals surface area contributed by atoms with Crippen LogP contribution in [0, 0.1) is 41.4 Å². The van der Waals surface area contributed by atoms with Crippen LogP contribution in [0.1, 0.15) is 25.7 Å². The van der Waals surface area contributed by atoms with Crippen LogP contribution >= 0.6 is 0 Å². The lowest BCUT2D eigenvalue weighted by atomic mass is 9.77. The Morgan fingerprint density at radius 1 is 0.941 bits per heavy atom.